The standard InChI is InChI=1S/C17H17BrClN3O2/c1-22(10-16(23)20-13-6-4-5-12(19)9-13)11-17(24)21-15-8-3-2-7-14(15)18/h2-9H,10-11H2,1H3,(H,20,23)(H,21,24). The number of para-hydroxylation sites is 1. The lowest BCUT2D eigenvalue weighted by atomic mass is 10.3. The van der Waals surface area contributed by atoms with Crippen LogP contribution in [0, 0.1) is 0 Å². The Balaban J connectivity index is 1.81. The minimum Gasteiger partial charge on any atom is -0.325 e. The predicted molar refractivity (Wildman–Crippen MR) is 100 cm³/mol. The number of halogens is 2. The molecule has 0 aliphatic rings. The van der Waals surface area contributed by atoms with E-state index in [2.05, 4.69) is 26.6 Å². The van der Waals surface area contributed by atoms with Gasteiger partial charge in [-0.05, 0) is 53.3 Å². The van der Waals surface area contributed by atoms with E-state index in [4.69, 9.17) is 11.6 Å². The highest BCUT2D eigenvalue weighted by Gasteiger charge is 2.12. The maximum absolute atomic E-state index is 12.0. The minimum absolute atomic E-state index is 0.0931. The van der Waals surface area contributed by atoms with Crippen LogP contribution in [-0.4, -0.2) is 36.9 Å². The summed E-state index contributed by atoms with van der Waals surface area (Å²) >= 11 is 9.25. The van der Waals surface area contributed by atoms with Gasteiger partial charge >= 0.3 is 0 Å². The van der Waals surface area contributed by atoms with Gasteiger partial charge in [-0.15, -0.1) is 0 Å². The van der Waals surface area contributed by atoms with Crippen molar-refractivity contribution in [2.45, 2.75) is 0 Å². The zero-order valence-electron chi connectivity index (χ0n) is 13.1. The molecule has 0 bridgehead atoms. The van der Waals surface area contributed by atoms with Crippen LogP contribution in [0.4, 0.5) is 11.4 Å². The topological polar surface area (TPSA) is 61.4 Å². The highest BCUT2D eigenvalue weighted by Crippen LogP contribution is 2.21. The molecule has 2 rings (SSSR count). The van der Waals surface area contributed by atoms with E-state index < -0.39 is 0 Å². The molecule has 7 heteroatoms. The maximum atomic E-state index is 12.0. The molecule has 5 nitrogen and oxygen atoms in total. The van der Waals surface area contributed by atoms with E-state index in [0.717, 1.165) is 4.47 Å². The van der Waals surface area contributed by atoms with Crippen LogP contribution in [0.2, 0.25) is 5.02 Å². The summed E-state index contributed by atoms with van der Waals surface area (Å²) in [6.07, 6.45) is 0. The van der Waals surface area contributed by atoms with Gasteiger partial charge in [0.1, 0.15) is 0 Å². The van der Waals surface area contributed by atoms with Crippen LogP contribution in [0.25, 0.3) is 0 Å². The smallest absolute Gasteiger partial charge is 0.238 e. The van der Waals surface area contributed by atoms with Gasteiger partial charge in [-0.2, -0.15) is 0 Å². The second-order valence-corrected chi connectivity index (χ2v) is 6.55. The lowest BCUT2D eigenvalue weighted by Crippen LogP contribution is -2.36. The molecule has 24 heavy (non-hydrogen) atoms. The molecule has 2 aromatic carbocycles. The second kappa shape index (κ2) is 8.82. The first-order valence-corrected chi connectivity index (χ1v) is 8.39. The third-order valence-corrected chi connectivity index (χ3v) is 4.01. The Bertz CT molecular complexity index is 739. The van der Waals surface area contributed by atoms with Crippen LogP contribution in [0.15, 0.2) is 53.0 Å². The summed E-state index contributed by atoms with van der Waals surface area (Å²) in [4.78, 5) is 25.7. The van der Waals surface area contributed by atoms with Gasteiger partial charge in [-0.1, -0.05) is 29.8 Å². The Hall–Kier alpha value is -1.89. The van der Waals surface area contributed by atoms with Crippen LogP contribution >= 0.6 is 27.5 Å². The number of rotatable bonds is 6. The summed E-state index contributed by atoms with van der Waals surface area (Å²) in [6, 6.07) is 14.3. The monoisotopic (exact) mass is 409 g/mol. The molecule has 0 saturated heterocycles. The number of nitrogens with zero attached hydrogens (tertiary/aromatic N) is 1. The molecule has 0 radical (unpaired) electrons. The molecule has 2 aromatic rings. The average molecular weight is 411 g/mol. The van der Waals surface area contributed by atoms with Crippen LogP contribution in [0.3, 0.4) is 0 Å². The van der Waals surface area contributed by atoms with Gasteiger partial charge in [-0.3, -0.25) is 14.5 Å². The van der Waals surface area contributed by atoms with Crippen molar-refractivity contribution in [1.29, 1.82) is 0 Å². The van der Waals surface area contributed by atoms with Gasteiger partial charge in [0, 0.05) is 15.2 Å². The Morgan fingerprint density at radius 3 is 2.38 bits per heavy atom. The van der Waals surface area contributed by atoms with Gasteiger partial charge in [0.05, 0.1) is 18.8 Å². The number of anilines is 2. The number of carbonyl (C=O) groups excluding carboxylic acids is 2. The van der Waals surface area contributed by atoms with Crippen molar-refractivity contribution in [3.05, 3.63) is 58.0 Å². The van der Waals surface area contributed by atoms with E-state index in [1.165, 1.54) is 0 Å². The summed E-state index contributed by atoms with van der Waals surface area (Å²) in [5.41, 5.74) is 1.32. The molecule has 0 saturated carbocycles. The van der Waals surface area contributed by atoms with Crippen LogP contribution in [0.1, 0.15) is 0 Å². The number of hydrogen-bond acceptors (Lipinski definition) is 3. The Morgan fingerprint density at radius 2 is 1.71 bits per heavy atom. The molecule has 0 fully saturated rings. The zero-order valence-corrected chi connectivity index (χ0v) is 15.4. The zero-order chi connectivity index (χ0) is 17.5. The number of likely N-dealkylation sites (N-methyl/N-ethyl adjacent to an activating group) is 1. The SMILES string of the molecule is CN(CC(=O)Nc1cccc(Cl)c1)CC(=O)Nc1ccccc1Br. The van der Waals surface area contributed by atoms with Crippen molar-refractivity contribution in [2.24, 2.45) is 0 Å². The summed E-state index contributed by atoms with van der Waals surface area (Å²) in [5.74, 6) is -0.409. The molecule has 2 N–H and O–H groups in total. The van der Waals surface area contributed by atoms with Crippen molar-refractivity contribution in [1.82, 2.24) is 4.90 Å². The Kier molecular flexibility index (Phi) is 6.78. The molecule has 0 aliphatic carbocycles. The summed E-state index contributed by atoms with van der Waals surface area (Å²) in [5, 5.41) is 6.09. The van der Waals surface area contributed by atoms with Crippen molar-refractivity contribution >= 4 is 50.7 Å². The average Bonchev–Trinajstić information content (AvgIpc) is 2.49. The third-order valence-electron chi connectivity index (χ3n) is 3.08. The molecular weight excluding hydrogens is 394 g/mol. The number of amides is 2. The molecule has 0 heterocycles. The van der Waals surface area contributed by atoms with E-state index in [9.17, 15) is 9.59 Å². The highest BCUT2D eigenvalue weighted by atomic mass is 79.9. The number of hydrogen-bond donors (Lipinski definition) is 2. The molecule has 0 aromatic heterocycles. The molecular formula is C17H17BrClN3O2. The van der Waals surface area contributed by atoms with E-state index in [1.54, 1.807) is 42.3 Å². The first kappa shape index (κ1) is 18.4. The van der Waals surface area contributed by atoms with Gasteiger partial charge in [0.25, 0.3) is 0 Å². The van der Waals surface area contributed by atoms with E-state index in [1.807, 2.05) is 18.2 Å². The quantitative estimate of drug-likeness (QED) is 0.765. The van der Waals surface area contributed by atoms with Crippen molar-refractivity contribution in [3.8, 4) is 0 Å². The van der Waals surface area contributed by atoms with E-state index >= 15 is 0 Å². The van der Waals surface area contributed by atoms with E-state index in [0.29, 0.717) is 16.4 Å². The summed E-state index contributed by atoms with van der Waals surface area (Å²) < 4.78 is 0.805. The van der Waals surface area contributed by atoms with Crippen molar-refractivity contribution in [3.63, 3.8) is 0 Å². The van der Waals surface area contributed by atoms with Crippen LogP contribution in [-0.2, 0) is 9.59 Å². The first-order valence-electron chi connectivity index (χ1n) is 7.22. The second-order valence-electron chi connectivity index (χ2n) is 5.26. The summed E-state index contributed by atoms with van der Waals surface area (Å²) in [7, 11) is 1.71. The van der Waals surface area contributed by atoms with Crippen molar-refractivity contribution in [2.75, 3.05) is 30.8 Å². The van der Waals surface area contributed by atoms with Gasteiger partial charge in [0.2, 0.25) is 11.8 Å². The largest absolute Gasteiger partial charge is 0.325 e. The molecule has 0 unspecified atom stereocenters. The number of carbonyl (C=O) groups is 2. The van der Waals surface area contributed by atoms with Crippen molar-refractivity contribution < 1.29 is 9.59 Å². The van der Waals surface area contributed by atoms with Gasteiger partial charge < -0.3 is 10.6 Å². The first-order chi connectivity index (χ1) is 11.4. The van der Waals surface area contributed by atoms with Gasteiger partial charge in [0.15, 0.2) is 0 Å². The number of nitrogens with one attached hydrogen (secondary N) is 2. The molecule has 0 atom stereocenters. The third kappa shape index (κ3) is 5.96. The Labute approximate surface area is 154 Å². The molecule has 0 aliphatic heterocycles. The van der Waals surface area contributed by atoms with Crippen LogP contribution < -0.4 is 10.6 Å². The normalized spacial score (nSPS) is 10.5. The fourth-order valence-electron chi connectivity index (χ4n) is 2.07. The Morgan fingerprint density at radius 1 is 1.04 bits per heavy atom. The fourth-order valence-corrected chi connectivity index (χ4v) is 2.64. The van der Waals surface area contributed by atoms with Gasteiger partial charge in [-0.25, -0.2) is 0 Å². The lowest BCUT2D eigenvalue weighted by Gasteiger charge is -2.16. The minimum atomic E-state index is -0.214. The molecule has 126 valence electrons. The molecule has 2 amide bonds. The molecule has 0 spiro atoms. The maximum Gasteiger partial charge on any atom is 0.238 e. The fraction of sp³-hybridized carbons (Fsp3) is 0.176. The van der Waals surface area contributed by atoms with E-state index in [-0.39, 0.29) is 24.9 Å². The van der Waals surface area contributed by atoms with Crippen LogP contribution in [0.5, 0.6) is 0 Å². The number of benzene rings is 2. The highest BCUT2D eigenvalue weighted by molar-refractivity contribution is 9.10. The lowest BCUT2D eigenvalue weighted by molar-refractivity contribution is -0.119. The predicted octanol–water partition coefficient (Wildman–Crippen LogP) is 3.61. The summed E-state index contributed by atoms with van der Waals surface area (Å²) in [6.45, 7) is 0.195.